The van der Waals surface area contributed by atoms with Crippen molar-refractivity contribution < 1.29 is 23.7 Å². The van der Waals surface area contributed by atoms with Crippen molar-refractivity contribution in [3.63, 3.8) is 0 Å². The Labute approximate surface area is 188 Å². The SMILES string of the molecule is CCOC(Cc1ccc(OCc2cnc3ccc(OC)cc3c2OC(C)C)cc1)C(N)=O. The molecule has 2 N–H and O–H groups in total. The molecule has 1 amide bonds. The largest absolute Gasteiger partial charge is 0.497 e. The zero-order valence-electron chi connectivity index (χ0n) is 19.0. The van der Waals surface area contributed by atoms with Crippen molar-refractivity contribution in [1.29, 1.82) is 0 Å². The molecule has 0 aliphatic rings. The minimum absolute atomic E-state index is 0.00613. The number of amides is 1. The maximum Gasteiger partial charge on any atom is 0.246 e. The first-order valence-corrected chi connectivity index (χ1v) is 10.7. The summed E-state index contributed by atoms with van der Waals surface area (Å²) in [5, 5.41) is 0.878. The van der Waals surface area contributed by atoms with E-state index in [0.717, 1.165) is 33.5 Å². The molecule has 1 unspecified atom stereocenters. The number of hydrogen-bond acceptors (Lipinski definition) is 6. The molecule has 7 heteroatoms. The summed E-state index contributed by atoms with van der Waals surface area (Å²) in [5.74, 6) is 1.71. The molecule has 1 atom stereocenters. The van der Waals surface area contributed by atoms with E-state index in [0.29, 0.717) is 25.4 Å². The first-order chi connectivity index (χ1) is 15.4. The number of pyridine rings is 1. The third-order valence-corrected chi connectivity index (χ3v) is 4.88. The lowest BCUT2D eigenvalue weighted by Crippen LogP contribution is -2.33. The van der Waals surface area contributed by atoms with Gasteiger partial charge in [-0.15, -0.1) is 0 Å². The normalized spacial score (nSPS) is 12.0. The number of nitrogens with zero attached hydrogens (tertiary/aromatic N) is 1. The summed E-state index contributed by atoms with van der Waals surface area (Å²) in [5.41, 5.74) is 8.02. The van der Waals surface area contributed by atoms with Gasteiger partial charge in [0, 0.05) is 24.6 Å². The van der Waals surface area contributed by atoms with Gasteiger partial charge in [0.2, 0.25) is 5.91 Å². The fraction of sp³-hybridized carbons (Fsp3) is 0.360. The Hall–Kier alpha value is -3.32. The Balaban J connectivity index is 1.77. The van der Waals surface area contributed by atoms with E-state index in [9.17, 15) is 4.79 Å². The average Bonchev–Trinajstić information content (AvgIpc) is 2.78. The van der Waals surface area contributed by atoms with Crippen LogP contribution in [-0.4, -0.2) is 36.8 Å². The van der Waals surface area contributed by atoms with Crippen molar-refractivity contribution in [2.75, 3.05) is 13.7 Å². The molecule has 0 aliphatic carbocycles. The monoisotopic (exact) mass is 438 g/mol. The molecule has 0 saturated heterocycles. The van der Waals surface area contributed by atoms with Gasteiger partial charge in [-0.05, 0) is 56.7 Å². The number of carbonyl (C=O) groups is 1. The molecule has 0 spiro atoms. The first-order valence-electron chi connectivity index (χ1n) is 10.7. The van der Waals surface area contributed by atoms with E-state index in [1.165, 1.54) is 0 Å². The molecule has 0 radical (unpaired) electrons. The molecule has 0 saturated carbocycles. The molecule has 0 fully saturated rings. The molecule has 1 aromatic heterocycles. The van der Waals surface area contributed by atoms with Gasteiger partial charge in [-0.1, -0.05) is 12.1 Å². The Morgan fingerprint density at radius 3 is 2.44 bits per heavy atom. The van der Waals surface area contributed by atoms with E-state index in [2.05, 4.69) is 4.98 Å². The van der Waals surface area contributed by atoms with Crippen LogP contribution in [-0.2, 0) is 22.6 Å². The quantitative estimate of drug-likeness (QED) is 0.486. The van der Waals surface area contributed by atoms with Crippen LogP contribution in [0.25, 0.3) is 10.9 Å². The Morgan fingerprint density at radius 1 is 1.09 bits per heavy atom. The minimum Gasteiger partial charge on any atom is -0.497 e. The number of rotatable bonds is 11. The molecule has 32 heavy (non-hydrogen) atoms. The lowest BCUT2D eigenvalue weighted by molar-refractivity contribution is -0.129. The summed E-state index contributed by atoms with van der Waals surface area (Å²) in [7, 11) is 1.63. The number of hydrogen-bond donors (Lipinski definition) is 1. The fourth-order valence-corrected chi connectivity index (χ4v) is 3.33. The standard InChI is InChI=1S/C25H30N2O5/c1-5-30-23(25(26)28)12-17-6-8-19(9-7-17)31-15-18-14-27-22-11-10-20(29-4)13-21(22)24(18)32-16(2)3/h6-11,13-14,16,23H,5,12,15H2,1-4H3,(H2,26,28). The third-order valence-electron chi connectivity index (χ3n) is 4.88. The zero-order valence-corrected chi connectivity index (χ0v) is 19.0. The smallest absolute Gasteiger partial charge is 0.246 e. The van der Waals surface area contributed by atoms with Gasteiger partial charge in [0.05, 0.1) is 24.3 Å². The van der Waals surface area contributed by atoms with Crippen molar-refractivity contribution in [1.82, 2.24) is 4.98 Å². The van der Waals surface area contributed by atoms with Crippen molar-refractivity contribution >= 4 is 16.8 Å². The van der Waals surface area contributed by atoms with Crippen LogP contribution in [0.4, 0.5) is 0 Å². The van der Waals surface area contributed by atoms with Gasteiger partial charge in [0.25, 0.3) is 0 Å². The summed E-state index contributed by atoms with van der Waals surface area (Å²) < 4.78 is 22.9. The maximum atomic E-state index is 11.5. The van der Waals surface area contributed by atoms with Crippen LogP contribution >= 0.6 is 0 Å². The van der Waals surface area contributed by atoms with E-state index in [-0.39, 0.29) is 6.10 Å². The van der Waals surface area contributed by atoms with Gasteiger partial charge in [0.15, 0.2) is 0 Å². The molecule has 1 heterocycles. The predicted molar refractivity (Wildman–Crippen MR) is 123 cm³/mol. The van der Waals surface area contributed by atoms with Crippen molar-refractivity contribution in [2.45, 2.75) is 46.0 Å². The summed E-state index contributed by atoms with van der Waals surface area (Å²) in [6.45, 7) is 6.53. The number of aromatic nitrogens is 1. The van der Waals surface area contributed by atoms with Crippen molar-refractivity contribution in [3.8, 4) is 17.2 Å². The Bertz CT molecular complexity index is 1050. The van der Waals surface area contributed by atoms with Crippen LogP contribution < -0.4 is 19.9 Å². The lowest BCUT2D eigenvalue weighted by Gasteiger charge is -2.17. The highest BCUT2D eigenvalue weighted by atomic mass is 16.5. The molecule has 170 valence electrons. The molecule has 0 bridgehead atoms. The topological polar surface area (TPSA) is 92.9 Å². The Kier molecular flexibility index (Phi) is 7.89. The van der Waals surface area contributed by atoms with E-state index >= 15 is 0 Å². The number of carbonyl (C=O) groups excluding carboxylic acids is 1. The van der Waals surface area contributed by atoms with E-state index < -0.39 is 12.0 Å². The van der Waals surface area contributed by atoms with Gasteiger partial charge in [0.1, 0.15) is 30.0 Å². The van der Waals surface area contributed by atoms with Gasteiger partial charge in [-0.25, -0.2) is 0 Å². The molecule has 2 aromatic carbocycles. The number of primary amides is 1. The number of methoxy groups -OCH3 is 1. The second-order valence-electron chi connectivity index (χ2n) is 7.65. The highest BCUT2D eigenvalue weighted by molar-refractivity contribution is 5.87. The number of fused-ring (bicyclic) bond motifs is 1. The Morgan fingerprint density at radius 2 is 1.81 bits per heavy atom. The van der Waals surface area contributed by atoms with Crippen molar-refractivity contribution in [3.05, 3.63) is 59.8 Å². The number of ether oxygens (including phenoxy) is 4. The zero-order chi connectivity index (χ0) is 23.1. The second kappa shape index (κ2) is 10.8. The maximum absolute atomic E-state index is 11.5. The minimum atomic E-state index is -0.636. The summed E-state index contributed by atoms with van der Waals surface area (Å²) in [6.07, 6.45) is 1.56. The van der Waals surface area contributed by atoms with Gasteiger partial charge in [-0.2, -0.15) is 0 Å². The van der Waals surface area contributed by atoms with Crippen LogP contribution in [0.2, 0.25) is 0 Å². The first kappa shape index (κ1) is 23.3. The van der Waals surface area contributed by atoms with Crippen LogP contribution in [0.5, 0.6) is 17.2 Å². The van der Waals surface area contributed by atoms with Crippen LogP contribution in [0.15, 0.2) is 48.7 Å². The van der Waals surface area contributed by atoms with E-state index in [1.54, 1.807) is 13.3 Å². The average molecular weight is 439 g/mol. The van der Waals surface area contributed by atoms with Gasteiger partial charge in [-0.3, -0.25) is 9.78 Å². The third kappa shape index (κ3) is 5.88. The molecule has 7 nitrogen and oxygen atoms in total. The molecule has 3 rings (SSSR count). The van der Waals surface area contributed by atoms with Crippen molar-refractivity contribution in [2.24, 2.45) is 5.73 Å². The van der Waals surface area contributed by atoms with Gasteiger partial charge >= 0.3 is 0 Å². The van der Waals surface area contributed by atoms with Crippen LogP contribution in [0, 0.1) is 0 Å². The number of benzene rings is 2. The summed E-state index contributed by atoms with van der Waals surface area (Å²) >= 11 is 0. The number of nitrogens with two attached hydrogens (primary N) is 1. The fourth-order valence-electron chi connectivity index (χ4n) is 3.33. The molecular weight excluding hydrogens is 408 g/mol. The molecular formula is C25H30N2O5. The molecule has 0 aliphatic heterocycles. The van der Waals surface area contributed by atoms with Gasteiger partial charge < -0.3 is 24.7 Å². The van der Waals surface area contributed by atoms with E-state index in [1.807, 2.05) is 63.2 Å². The highest BCUT2D eigenvalue weighted by Gasteiger charge is 2.16. The second-order valence-corrected chi connectivity index (χ2v) is 7.65. The summed E-state index contributed by atoms with van der Waals surface area (Å²) in [6, 6.07) is 13.2. The van der Waals surface area contributed by atoms with Crippen LogP contribution in [0.1, 0.15) is 31.9 Å². The lowest BCUT2D eigenvalue weighted by atomic mass is 10.1. The summed E-state index contributed by atoms with van der Waals surface area (Å²) in [4.78, 5) is 16.1. The predicted octanol–water partition coefficient (Wildman–Crippen LogP) is 4.04. The van der Waals surface area contributed by atoms with Crippen LogP contribution in [0.3, 0.4) is 0 Å². The highest BCUT2D eigenvalue weighted by Crippen LogP contribution is 2.33. The van der Waals surface area contributed by atoms with E-state index in [4.69, 9.17) is 24.7 Å². The molecule has 3 aromatic rings.